The second kappa shape index (κ2) is 11.9. The van der Waals surface area contributed by atoms with Crippen LogP contribution in [0.4, 0.5) is 36.8 Å². The number of carbonyl (C=O) groups is 3. The lowest BCUT2D eigenvalue weighted by atomic mass is 10.0. The zero-order chi connectivity index (χ0) is 31.7. The number of aromatic hydroxyl groups is 1. The van der Waals surface area contributed by atoms with Crippen LogP contribution >= 0.6 is 11.8 Å². The first-order valence-corrected chi connectivity index (χ1v) is 12.8. The third-order valence-corrected chi connectivity index (χ3v) is 7.05. The van der Waals surface area contributed by atoms with Crippen LogP contribution in [0.5, 0.6) is 17.2 Å². The highest BCUT2D eigenvalue weighted by atomic mass is 32.2. The molecule has 1 aliphatic rings. The molecule has 43 heavy (non-hydrogen) atoms. The van der Waals surface area contributed by atoms with Gasteiger partial charge in [0.05, 0.1) is 42.4 Å². The van der Waals surface area contributed by atoms with E-state index in [1.165, 1.54) is 44.6 Å². The first kappa shape index (κ1) is 31.3. The number of alkyl halides is 6. The Bertz CT molecular complexity index is 1640. The van der Waals surface area contributed by atoms with Crippen LogP contribution in [0.2, 0.25) is 0 Å². The SMILES string of the molecule is COc1ccc(NC(=O)c2cc(/C=C3/SC(=O)N(Cc4cc(C(F)(F)F)ccc4C(F)(F)F)C3=O)ccc2O)cc1OC. The maximum absolute atomic E-state index is 13.5. The summed E-state index contributed by atoms with van der Waals surface area (Å²) in [6.07, 6.45) is -8.84. The fraction of sp³-hybridized carbons (Fsp3) is 0.179. The van der Waals surface area contributed by atoms with Crippen molar-refractivity contribution in [1.29, 1.82) is 0 Å². The van der Waals surface area contributed by atoms with Crippen molar-refractivity contribution in [1.82, 2.24) is 4.90 Å². The predicted molar refractivity (Wildman–Crippen MR) is 144 cm³/mol. The molecule has 8 nitrogen and oxygen atoms in total. The van der Waals surface area contributed by atoms with Crippen LogP contribution in [0.3, 0.4) is 0 Å². The highest BCUT2D eigenvalue weighted by Gasteiger charge is 2.40. The number of rotatable bonds is 7. The predicted octanol–water partition coefficient (Wildman–Crippen LogP) is 6.94. The van der Waals surface area contributed by atoms with Crippen molar-refractivity contribution >= 4 is 40.6 Å². The summed E-state index contributed by atoms with van der Waals surface area (Å²) in [6, 6.07) is 8.96. The van der Waals surface area contributed by atoms with Gasteiger partial charge in [-0.25, -0.2) is 0 Å². The second-order valence-electron chi connectivity index (χ2n) is 8.94. The summed E-state index contributed by atoms with van der Waals surface area (Å²) in [6.45, 7) is -1.06. The fourth-order valence-electron chi connectivity index (χ4n) is 4.07. The largest absolute Gasteiger partial charge is 0.507 e. The molecule has 15 heteroatoms. The van der Waals surface area contributed by atoms with E-state index in [1.54, 1.807) is 0 Å². The molecular weight excluding hydrogens is 606 g/mol. The van der Waals surface area contributed by atoms with Crippen LogP contribution in [0.1, 0.15) is 32.6 Å². The number of ether oxygens (including phenoxy) is 2. The molecule has 3 aromatic rings. The summed E-state index contributed by atoms with van der Waals surface area (Å²) in [7, 11) is 2.83. The monoisotopic (exact) mass is 626 g/mol. The number of carbonyl (C=O) groups excluding carboxylic acids is 3. The van der Waals surface area contributed by atoms with E-state index in [9.17, 15) is 45.8 Å². The van der Waals surface area contributed by atoms with Gasteiger partial charge >= 0.3 is 12.4 Å². The summed E-state index contributed by atoms with van der Waals surface area (Å²) >= 11 is 0.354. The molecule has 0 unspecified atom stereocenters. The van der Waals surface area contributed by atoms with Crippen molar-refractivity contribution in [2.24, 2.45) is 0 Å². The Hall–Kier alpha value is -4.66. The van der Waals surface area contributed by atoms with E-state index in [-0.39, 0.29) is 34.2 Å². The highest BCUT2D eigenvalue weighted by Crippen LogP contribution is 2.40. The molecule has 3 aromatic carbocycles. The van der Waals surface area contributed by atoms with Gasteiger partial charge in [-0.05, 0) is 71.4 Å². The standard InChI is InChI=1S/C28H20F6N2O6S/c1-41-21-8-5-17(12-22(21)42-2)35-24(38)18-9-14(3-7-20(18)37)10-23-25(39)36(26(40)43-23)13-15-11-16(27(29,30)31)4-6-19(15)28(32,33)34/h3-12,37H,13H2,1-2H3,(H,35,38)/b23-10+. The molecule has 0 aliphatic carbocycles. The van der Waals surface area contributed by atoms with E-state index in [0.717, 1.165) is 12.1 Å². The Morgan fingerprint density at radius 2 is 1.63 bits per heavy atom. The van der Waals surface area contributed by atoms with Crippen LogP contribution in [0, 0.1) is 0 Å². The molecule has 0 radical (unpaired) electrons. The van der Waals surface area contributed by atoms with E-state index in [0.29, 0.717) is 33.8 Å². The van der Waals surface area contributed by atoms with Gasteiger partial charge in [-0.1, -0.05) is 6.07 Å². The number of phenolic OH excluding ortho intramolecular Hbond substituents is 1. The van der Waals surface area contributed by atoms with E-state index in [2.05, 4.69) is 5.32 Å². The van der Waals surface area contributed by atoms with Gasteiger partial charge in [-0.15, -0.1) is 0 Å². The Kier molecular flexibility index (Phi) is 8.67. The van der Waals surface area contributed by atoms with Crippen molar-refractivity contribution in [3.05, 3.63) is 87.3 Å². The smallest absolute Gasteiger partial charge is 0.416 e. The summed E-state index contributed by atoms with van der Waals surface area (Å²) in [4.78, 5) is 38.6. The van der Waals surface area contributed by atoms with E-state index >= 15 is 0 Å². The quantitative estimate of drug-likeness (QED) is 0.216. The average Bonchev–Trinajstić information content (AvgIpc) is 3.19. The number of imide groups is 1. The Balaban J connectivity index is 1.59. The lowest BCUT2D eigenvalue weighted by molar-refractivity contribution is -0.142. The van der Waals surface area contributed by atoms with Crippen LogP contribution in [-0.2, 0) is 23.7 Å². The zero-order valence-corrected chi connectivity index (χ0v) is 22.9. The Morgan fingerprint density at radius 3 is 2.26 bits per heavy atom. The number of anilines is 1. The Labute approximate surface area is 243 Å². The molecule has 1 aliphatic heterocycles. The number of hydrogen-bond donors (Lipinski definition) is 2. The minimum atomic E-state index is -5.04. The lowest BCUT2D eigenvalue weighted by Crippen LogP contribution is -2.29. The minimum absolute atomic E-state index is 0.163. The minimum Gasteiger partial charge on any atom is -0.507 e. The third-order valence-electron chi connectivity index (χ3n) is 6.14. The molecule has 0 bridgehead atoms. The summed E-state index contributed by atoms with van der Waals surface area (Å²) in [5.74, 6) is -1.50. The molecule has 0 spiro atoms. The van der Waals surface area contributed by atoms with Gasteiger partial charge in [0.25, 0.3) is 17.1 Å². The molecule has 0 saturated carbocycles. The molecule has 0 atom stereocenters. The normalized spacial score (nSPS) is 14.8. The summed E-state index contributed by atoms with van der Waals surface area (Å²) < 4.78 is 90.4. The van der Waals surface area contributed by atoms with E-state index < -0.39 is 58.4 Å². The maximum atomic E-state index is 13.5. The van der Waals surface area contributed by atoms with Crippen molar-refractivity contribution in [2.45, 2.75) is 18.9 Å². The molecule has 226 valence electrons. The van der Waals surface area contributed by atoms with Crippen LogP contribution in [-0.4, -0.2) is 41.3 Å². The Morgan fingerprint density at radius 1 is 0.930 bits per heavy atom. The maximum Gasteiger partial charge on any atom is 0.416 e. The second-order valence-corrected chi connectivity index (χ2v) is 9.93. The number of thioether (sulfide) groups is 1. The number of halogens is 6. The highest BCUT2D eigenvalue weighted by molar-refractivity contribution is 8.18. The van der Waals surface area contributed by atoms with Gasteiger partial charge in [0.1, 0.15) is 5.75 Å². The molecule has 1 fully saturated rings. The first-order chi connectivity index (χ1) is 20.1. The van der Waals surface area contributed by atoms with Gasteiger partial charge in [-0.2, -0.15) is 26.3 Å². The number of methoxy groups -OCH3 is 2. The topological polar surface area (TPSA) is 105 Å². The number of nitrogens with one attached hydrogen (secondary N) is 1. The number of hydrogen-bond acceptors (Lipinski definition) is 7. The lowest BCUT2D eigenvalue weighted by Gasteiger charge is -2.19. The van der Waals surface area contributed by atoms with Crippen molar-refractivity contribution < 1.29 is 55.3 Å². The van der Waals surface area contributed by atoms with Gasteiger partial charge in [0.15, 0.2) is 11.5 Å². The molecule has 1 heterocycles. The van der Waals surface area contributed by atoms with Gasteiger partial charge in [-0.3, -0.25) is 19.3 Å². The molecule has 4 rings (SSSR count). The van der Waals surface area contributed by atoms with Gasteiger partial charge < -0.3 is 19.9 Å². The summed E-state index contributed by atoms with van der Waals surface area (Å²) in [5, 5.41) is 11.8. The third kappa shape index (κ3) is 6.88. The molecule has 0 aromatic heterocycles. The number of amides is 3. The fourth-order valence-corrected chi connectivity index (χ4v) is 4.91. The van der Waals surface area contributed by atoms with Gasteiger partial charge in [0, 0.05) is 11.8 Å². The number of benzene rings is 3. The molecule has 3 amide bonds. The number of phenols is 1. The van der Waals surface area contributed by atoms with E-state index in [1.807, 2.05) is 0 Å². The van der Waals surface area contributed by atoms with Crippen molar-refractivity contribution in [3.63, 3.8) is 0 Å². The first-order valence-electron chi connectivity index (χ1n) is 12.0. The number of nitrogens with zero attached hydrogens (tertiary/aromatic N) is 1. The van der Waals surface area contributed by atoms with Crippen molar-refractivity contribution in [3.8, 4) is 17.2 Å². The summed E-state index contributed by atoms with van der Waals surface area (Å²) in [5.41, 5.74) is -3.48. The van der Waals surface area contributed by atoms with Gasteiger partial charge in [0.2, 0.25) is 0 Å². The molecule has 1 saturated heterocycles. The molecule has 2 N–H and O–H groups in total. The van der Waals surface area contributed by atoms with E-state index in [4.69, 9.17) is 9.47 Å². The van der Waals surface area contributed by atoms with Crippen LogP contribution in [0.15, 0.2) is 59.5 Å². The van der Waals surface area contributed by atoms with Crippen LogP contribution in [0.25, 0.3) is 6.08 Å². The van der Waals surface area contributed by atoms with Crippen LogP contribution < -0.4 is 14.8 Å². The van der Waals surface area contributed by atoms with Crippen molar-refractivity contribution in [2.75, 3.05) is 19.5 Å². The molecular formula is C28H20F6N2O6S. The zero-order valence-electron chi connectivity index (χ0n) is 22.1. The average molecular weight is 627 g/mol.